The third kappa shape index (κ3) is 2.46. The standard InChI is InChI=1S/C7H9NO4S/c1-2-11-6(10)5(9)4-3-13-7(8)12-4/h3,7H,2,8H2,1H3/t7-/m0/s1. The average Bonchev–Trinajstić information content (AvgIpc) is 2.51. The fourth-order valence-corrected chi connectivity index (χ4v) is 1.29. The van der Waals surface area contributed by atoms with Crippen LogP contribution >= 0.6 is 11.8 Å². The zero-order chi connectivity index (χ0) is 9.84. The second-order valence-electron chi connectivity index (χ2n) is 2.15. The number of hydrogen-bond acceptors (Lipinski definition) is 6. The van der Waals surface area contributed by atoms with E-state index in [0.29, 0.717) is 0 Å². The molecule has 6 heteroatoms. The van der Waals surface area contributed by atoms with Crippen LogP contribution in [0, 0.1) is 0 Å². The summed E-state index contributed by atoms with van der Waals surface area (Å²) in [4.78, 5) is 22.0. The van der Waals surface area contributed by atoms with Gasteiger partial charge in [0, 0.05) is 5.41 Å². The Morgan fingerprint density at radius 3 is 2.92 bits per heavy atom. The van der Waals surface area contributed by atoms with Crippen molar-refractivity contribution in [2.75, 3.05) is 6.61 Å². The highest BCUT2D eigenvalue weighted by Gasteiger charge is 2.27. The van der Waals surface area contributed by atoms with Gasteiger partial charge in [-0.3, -0.25) is 10.5 Å². The van der Waals surface area contributed by atoms with Gasteiger partial charge in [0.15, 0.2) is 11.3 Å². The third-order valence-corrected chi connectivity index (χ3v) is 1.95. The van der Waals surface area contributed by atoms with E-state index in [4.69, 9.17) is 10.5 Å². The van der Waals surface area contributed by atoms with E-state index >= 15 is 0 Å². The summed E-state index contributed by atoms with van der Waals surface area (Å²) in [7, 11) is 0. The summed E-state index contributed by atoms with van der Waals surface area (Å²) in [5.41, 5.74) is 4.72. The second-order valence-corrected chi connectivity index (χ2v) is 3.13. The first-order chi connectivity index (χ1) is 6.15. The number of carbonyl (C=O) groups is 2. The largest absolute Gasteiger partial charge is 0.461 e. The monoisotopic (exact) mass is 203 g/mol. The number of nitrogens with two attached hydrogens (primary N) is 1. The zero-order valence-electron chi connectivity index (χ0n) is 6.98. The summed E-state index contributed by atoms with van der Waals surface area (Å²) < 4.78 is 9.33. The Balaban J connectivity index is 2.53. The average molecular weight is 203 g/mol. The molecule has 0 aliphatic carbocycles. The highest BCUT2D eigenvalue weighted by molar-refractivity contribution is 8.02. The number of Topliss-reactive ketones (excluding diaryl/α,β-unsaturated/α-hetero) is 1. The molecule has 0 bridgehead atoms. The summed E-state index contributed by atoms with van der Waals surface area (Å²) in [6, 6.07) is 0. The molecule has 0 fully saturated rings. The minimum atomic E-state index is -0.913. The quantitative estimate of drug-likeness (QED) is 0.512. The van der Waals surface area contributed by atoms with Crippen LogP contribution in [0.5, 0.6) is 0 Å². The van der Waals surface area contributed by atoms with Gasteiger partial charge in [0.25, 0.3) is 0 Å². The van der Waals surface area contributed by atoms with Crippen LogP contribution in [0.3, 0.4) is 0 Å². The molecule has 1 rings (SSSR count). The lowest BCUT2D eigenvalue weighted by Crippen LogP contribution is -2.23. The zero-order valence-corrected chi connectivity index (χ0v) is 7.80. The predicted octanol–water partition coefficient (Wildman–Crippen LogP) is -0.0343. The van der Waals surface area contributed by atoms with Crippen molar-refractivity contribution in [3.63, 3.8) is 0 Å². The van der Waals surface area contributed by atoms with E-state index in [0.717, 1.165) is 11.8 Å². The molecule has 0 aromatic carbocycles. The topological polar surface area (TPSA) is 78.6 Å². The maximum absolute atomic E-state index is 11.1. The van der Waals surface area contributed by atoms with Crippen molar-refractivity contribution in [3.05, 3.63) is 11.2 Å². The van der Waals surface area contributed by atoms with Gasteiger partial charge in [-0.15, -0.1) is 0 Å². The first kappa shape index (κ1) is 10.1. The Kier molecular flexibility index (Phi) is 3.32. The Morgan fingerprint density at radius 1 is 1.77 bits per heavy atom. The van der Waals surface area contributed by atoms with Gasteiger partial charge in [0.1, 0.15) is 0 Å². The predicted molar refractivity (Wildman–Crippen MR) is 46.4 cm³/mol. The summed E-state index contributed by atoms with van der Waals surface area (Å²) in [5.74, 6) is -1.75. The first-order valence-electron chi connectivity index (χ1n) is 3.64. The Hall–Kier alpha value is -1.01. The molecule has 72 valence electrons. The van der Waals surface area contributed by atoms with E-state index < -0.39 is 17.3 Å². The molecular formula is C7H9NO4S. The van der Waals surface area contributed by atoms with Gasteiger partial charge < -0.3 is 9.47 Å². The molecule has 1 aliphatic heterocycles. The van der Waals surface area contributed by atoms with Gasteiger partial charge in [-0.25, -0.2) is 4.79 Å². The molecule has 0 saturated heterocycles. The molecule has 0 aromatic heterocycles. The first-order valence-corrected chi connectivity index (χ1v) is 4.58. The van der Waals surface area contributed by atoms with Crippen LogP contribution in [0.15, 0.2) is 11.2 Å². The van der Waals surface area contributed by atoms with Gasteiger partial charge in [-0.05, 0) is 6.92 Å². The van der Waals surface area contributed by atoms with Gasteiger partial charge in [-0.2, -0.15) is 0 Å². The highest BCUT2D eigenvalue weighted by Crippen LogP contribution is 2.23. The summed E-state index contributed by atoms with van der Waals surface area (Å²) in [5, 5.41) is 1.41. The second kappa shape index (κ2) is 4.29. The number of carbonyl (C=O) groups excluding carboxylic acids is 2. The summed E-state index contributed by atoms with van der Waals surface area (Å²) >= 11 is 1.13. The molecule has 0 unspecified atom stereocenters. The Labute approximate surface area is 79.2 Å². The van der Waals surface area contributed by atoms with E-state index in [1.807, 2.05) is 0 Å². The molecule has 2 N–H and O–H groups in total. The molecule has 1 atom stereocenters. The number of ether oxygens (including phenoxy) is 2. The molecular weight excluding hydrogens is 194 g/mol. The van der Waals surface area contributed by atoms with Crippen molar-refractivity contribution >= 4 is 23.5 Å². The SMILES string of the molecule is CCOC(=O)C(=O)C1=CS[C@@H](N)O1. The van der Waals surface area contributed by atoms with Gasteiger partial charge in [-0.1, -0.05) is 11.8 Å². The van der Waals surface area contributed by atoms with Crippen LogP contribution in [-0.4, -0.2) is 23.9 Å². The third-order valence-electron chi connectivity index (χ3n) is 1.24. The maximum atomic E-state index is 11.1. The van der Waals surface area contributed by atoms with E-state index in [2.05, 4.69) is 4.74 Å². The van der Waals surface area contributed by atoms with Crippen LogP contribution in [0.4, 0.5) is 0 Å². The number of hydrogen-bond donors (Lipinski definition) is 1. The Bertz CT molecular complexity index is 263. The van der Waals surface area contributed by atoms with E-state index in [1.165, 1.54) is 5.41 Å². The lowest BCUT2D eigenvalue weighted by molar-refractivity contribution is -0.153. The van der Waals surface area contributed by atoms with Crippen LogP contribution in [0.25, 0.3) is 0 Å². The highest BCUT2D eigenvalue weighted by atomic mass is 32.2. The Morgan fingerprint density at radius 2 is 2.46 bits per heavy atom. The van der Waals surface area contributed by atoms with E-state index in [-0.39, 0.29) is 12.4 Å². The van der Waals surface area contributed by atoms with Crippen LogP contribution in [-0.2, 0) is 19.1 Å². The molecule has 0 saturated carbocycles. The molecule has 0 spiro atoms. The number of esters is 1. The molecule has 5 nitrogen and oxygen atoms in total. The van der Waals surface area contributed by atoms with Crippen molar-refractivity contribution in [1.29, 1.82) is 0 Å². The normalized spacial score (nSPS) is 20.5. The van der Waals surface area contributed by atoms with Crippen LogP contribution < -0.4 is 5.73 Å². The molecule has 1 heterocycles. The van der Waals surface area contributed by atoms with Crippen LogP contribution in [0.2, 0.25) is 0 Å². The van der Waals surface area contributed by atoms with Gasteiger partial charge >= 0.3 is 11.8 Å². The van der Waals surface area contributed by atoms with Gasteiger partial charge in [0.05, 0.1) is 6.61 Å². The van der Waals surface area contributed by atoms with Crippen molar-refractivity contribution in [2.45, 2.75) is 12.5 Å². The maximum Gasteiger partial charge on any atom is 0.383 e. The minimum Gasteiger partial charge on any atom is -0.461 e. The minimum absolute atomic E-state index is 0.0454. The number of rotatable bonds is 3. The molecule has 0 radical (unpaired) electrons. The summed E-state index contributed by atoms with van der Waals surface area (Å²) in [6.07, 6.45) is 0. The molecule has 0 amide bonds. The molecule has 0 aromatic rings. The molecule has 1 aliphatic rings. The fraction of sp³-hybridized carbons (Fsp3) is 0.429. The van der Waals surface area contributed by atoms with Crippen molar-refractivity contribution < 1.29 is 19.1 Å². The van der Waals surface area contributed by atoms with E-state index in [1.54, 1.807) is 6.92 Å². The van der Waals surface area contributed by atoms with Crippen molar-refractivity contribution in [2.24, 2.45) is 5.73 Å². The van der Waals surface area contributed by atoms with Crippen LogP contribution in [0.1, 0.15) is 6.92 Å². The lowest BCUT2D eigenvalue weighted by atomic mass is 10.3. The van der Waals surface area contributed by atoms with Crippen molar-refractivity contribution in [1.82, 2.24) is 0 Å². The smallest absolute Gasteiger partial charge is 0.383 e. The van der Waals surface area contributed by atoms with E-state index in [9.17, 15) is 9.59 Å². The lowest BCUT2D eigenvalue weighted by Gasteiger charge is -2.04. The number of ketones is 1. The molecule has 13 heavy (non-hydrogen) atoms. The van der Waals surface area contributed by atoms with Crippen molar-refractivity contribution in [3.8, 4) is 0 Å². The number of thioether (sulfide) groups is 1. The van der Waals surface area contributed by atoms with Gasteiger partial charge in [0.2, 0.25) is 0 Å². The summed E-state index contributed by atoms with van der Waals surface area (Å²) in [6.45, 7) is 1.78. The fourth-order valence-electron chi connectivity index (χ4n) is 0.714.